The second-order valence-corrected chi connectivity index (χ2v) is 4.43. The zero-order valence-electron chi connectivity index (χ0n) is 9.03. The topological polar surface area (TPSA) is 43.1 Å². The van der Waals surface area contributed by atoms with Crippen LogP contribution in [0, 0.1) is 12.8 Å². The first-order valence-corrected chi connectivity index (χ1v) is 5.33. The van der Waals surface area contributed by atoms with E-state index >= 15 is 0 Å². The third-order valence-corrected chi connectivity index (χ3v) is 2.31. The third-order valence-electron chi connectivity index (χ3n) is 2.05. The van der Waals surface area contributed by atoms with Crippen LogP contribution in [-0.2, 0) is 6.42 Å². The summed E-state index contributed by atoms with van der Waals surface area (Å²) in [7, 11) is 0. The Morgan fingerprint density at radius 1 is 1.40 bits per heavy atom. The van der Waals surface area contributed by atoms with E-state index in [0.717, 1.165) is 12.1 Å². The molecule has 0 amide bonds. The highest BCUT2D eigenvalue weighted by Crippen LogP contribution is 2.14. The Morgan fingerprint density at radius 2 is 2.13 bits per heavy atom. The van der Waals surface area contributed by atoms with E-state index in [1.54, 1.807) is 4.52 Å². The molecule has 0 radical (unpaired) electrons. The summed E-state index contributed by atoms with van der Waals surface area (Å²) >= 11 is 6.08. The molecule has 0 saturated carbocycles. The Labute approximate surface area is 93.3 Å². The summed E-state index contributed by atoms with van der Waals surface area (Å²) in [5.74, 6) is 1.82. The van der Waals surface area contributed by atoms with Crippen molar-refractivity contribution in [3.8, 4) is 0 Å². The molecule has 0 bridgehead atoms. The normalized spacial score (nSPS) is 11.5. The molecular weight excluding hydrogens is 212 g/mol. The summed E-state index contributed by atoms with van der Waals surface area (Å²) in [5.41, 5.74) is 0.968. The smallest absolute Gasteiger partial charge is 0.216 e. The van der Waals surface area contributed by atoms with E-state index < -0.39 is 0 Å². The zero-order valence-corrected chi connectivity index (χ0v) is 9.78. The minimum Gasteiger partial charge on any atom is -0.216 e. The lowest BCUT2D eigenvalue weighted by Crippen LogP contribution is -2.01. The van der Waals surface area contributed by atoms with E-state index in [9.17, 15) is 0 Å². The van der Waals surface area contributed by atoms with Gasteiger partial charge in [0, 0.05) is 5.69 Å². The Hall–Kier alpha value is -1.16. The zero-order chi connectivity index (χ0) is 11.0. The van der Waals surface area contributed by atoms with Crippen molar-refractivity contribution in [2.75, 3.05) is 0 Å². The van der Waals surface area contributed by atoms with Crippen molar-refractivity contribution < 1.29 is 0 Å². The van der Waals surface area contributed by atoms with Gasteiger partial charge in [-0.05, 0) is 25.3 Å². The summed E-state index contributed by atoms with van der Waals surface area (Å²) in [6.45, 7) is 6.12. The highest BCUT2D eigenvalue weighted by Gasteiger charge is 2.08. The van der Waals surface area contributed by atoms with Crippen molar-refractivity contribution in [1.82, 2.24) is 19.6 Å². The summed E-state index contributed by atoms with van der Waals surface area (Å²) < 4.78 is 1.56. The van der Waals surface area contributed by atoms with Crippen LogP contribution < -0.4 is 0 Å². The Balaban J connectivity index is 2.51. The first-order chi connectivity index (χ1) is 7.06. The van der Waals surface area contributed by atoms with Crippen molar-refractivity contribution >= 4 is 17.4 Å². The van der Waals surface area contributed by atoms with Crippen LogP contribution in [0.5, 0.6) is 0 Å². The quantitative estimate of drug-likeness (QED) is 0.736. The van der Waals surface area contributed by atoms with E-state index in [1.807, 2.05) is 13.0 Å². The molecule has 0 aromatic carbocycles. The maximum absolute atomic E-state index is 6.08. The first kappa shape index (κ1) is 10.4. The summed E-state index contributed by atoms with van der Waals surface area (Å²) in [4.78, 5) is 8.60. The lowest BCUT2D eigenvalue weighted by molar-refractivity contribution is 0.634. The molecule has 2 rings (SSSR count). The standard InChI is InChI=1S/C10H13ClN4/c1-6(2)4-8-5-9(11)15-10(13-8)12-7(3)14-15/h5-6H,4H2,1-3H3. The fraction of sp³-hybridized carbons (Fsp3) is 0.500. The summed E-state index contributed by atoms with van der Waals surface area (Å²) in [6, 6.07) is 1.85. The Kier molecular flexibility index (Phi) is 2.61. The minimum absolute atomic E-state index is 0.556. The number of aryl methyl sites for hydroxylation is 1. The second kappa shape index (κ2) is 3.77. The minimum atomic E-state index is 0.556. The molecule has 15 heavy (non-hydrogen) atoms. The number of aromatic nitrogens is 4. The Morgan fingerprint density at radius 3 is 2.80 bits per heavy atom. The van der Waals surface area contributed by atoms with Gasteiger partial charge in [0.2, 0.25) is 0 Å². The molecule has 0 fully saturated rings. The van der Waals surface area contributed by atoms with Crippen molar-refractivity contribution in [2.45, 2.75) is 27.2 Å². The van der Waals surface area contributed by atoms with Gasteiger partial charge in [-0.2, -0.15) is 9.50 Å². The average Bonchev–Trinajstić information content (AvgIpc) is 2.44. The molecule has 2 aromatic heterocycles. The van der Waals surface area contributed by atoms with E-state index in [2.05, 4.69) is 28.9 Å². The van der Waals surface area contributed by atoms with Gasteiger partial charge in [-0.25, -0.2) is 4.98 Å². The molecule has 2 aromatic rings. The predicted molar refractivity (Wildman–Crippen MR) is 59.1 cm³/mol. The summed E-state index contributed by atoms with van der Waals surface area (Å²) in [6.07, 6.45) is 0.905. The van der Waals surface area contributed by atoms with Gasteiger partial charge in [0.1, 0.15) is 11.0 Å². The highest BCUT2D eigenvalue weighted by molar-refractivity contribution is 6.29. The van der Waals surface area contributed by atoms with Gasteiger partial charge in [-0.1, -0.05) is 25.4 Å². The monoisotopic (exact) mass is 224 g/mol. The maximum atomic E-state index is 6.08. The van der Waals surface area contributed by atoms with Gasteiger partial charge in [-0.3, -0.25) is 0 Å². The van der Waals surface area contributed by atoms with Crippen LogP contribution >= 0.6 is 11.6 Å². The molecule has 4 nitrogen and oxygen atoms in total. The van der Waals surface area contributed by atoms with Crippen molar-refractivity contribution in [1.29, 1.82) is 0 Å². The SMILES string of the molecule is Cc1nc2nc(CC(C)C)cc(Cl)n2n1. The van der Waals surface area contributed by atoms with Gasteiger partial charge in [0.15, 0.2) is 0 Å². The Bertz CT molecular complexity index is 489. The largest absolute Gasteiger partial charge is 0.254 e. The van der Waals surface area contributed by atoms with Crippen LogP contribution in [-0.4, -0.2) is 19.6 Å². The van der Waals surface area contributed by atoms with Crippen LogP contribution in [0.1, 0.15) is 25.4 Å². The number of hydrogen-bond acceptors (Lipinski definition) is 3. The van der Waals surface area contributed by atoms with Gasteiger partial charge >= 0.3 is 0 Å². The number of fused-ring (bicyclic) bond motifs is 1. The molecule has 0 N–H and O–H groups in total. The average molecular weight is 225 g/mol. The molecule has 5 heteroatoms. The van der Waals surface area contributed by atoms with Crippen molar-refractivity contribution in [2.24, 2.45) is 5.92 Å². The molecular formula is C10H13ClN4. The molecule has 80 valence electrons. The van der Waals surface area contributed by atoms with Crippen LogP contribution in [0.2, 0.25) is 5.15 Å². The second-order valence-electron chi connectivity index (χ2n) is 4.04. The van der Waals surface area contributed by atoms with E-state index in [1.165, 1.54) is 0 Å². The van der Waals surface area contributed by atoms with Crippen molar-refractivity contribution in [3.63, 3.8) is 0 Å². The maximum Gasteiger partial charge on any atom is 0.254 e. The van der Waals surface area contributed by atoms with Crippen LogP contribution in [0.4, 0.5) is 0 Å². The molecule has 0 spiro atoms. The number of halogens is 1. The molecule has 0 aliphatic carbocycles. The molecule has 0 unspecified atom stereocenters. The fourth-order valence-corrected chi connectivity index (χ4v) is 1.74. The van der Waals surface area contributed by atoms with Gasteiger partial charge < -0.3 is 0 Å². The number of rotatable bonds is 2. The van der Waals surface area contributed by atoms with Crippen LogP contribution in [0.25, 0.3) is 5.78 Å². The molecule has 0 aliphatic rings. The molecule has 0 aliphatic heterocycles. The molecule has 0 atom stereocenters. The predicted octanol–water partition coefficient (Wildman–Crippen LogP) is 2.28. The van der Waals surface area contributed by atoms with Gasteiger partial charge in [-0.15, -0.1) is 5.10 Å². The van der Waals surface area contributed by atoms with Crippen LogP contribution in [0.15, 0.2) is 6.07 Å². The van der Waals surface area contributed by atoms with E-state index in [4.69, 9.17) is 11.6 Å². The van der Waals surface area contributed by atoms with Crippen LogP contribution in [0.3, 0.4) is 0 Å². The van der Waals surface area contributed by atoms with Gasteiger partial charge in [0.25, 0.3) is 5.78 Å². The fourth-order valence-electron chi connectivity index (χ4n) is 1.50. The lowest BCUT2D eigenvalue weighted by atomic mass is 10.1. The first-order valence-electron chi connectivity index (χ1n) is 4.95. The van der Waals surface area contributed by atoms with Gasteiger partial charge in [0.05, 0.1) is 0 Å². The van der Waals surface area contributed by atoms with E-state index in [-0.39, 0.29) is 0 Å². The third kappa shape index (κ3) is 2.09. The summed E-state index contributed by atoms with van der Waals surface area (Å²) in [5, 5.41) is 4.71. The highest BCUT2D eigenvalue weighted by atomic mass is 35.5. The lowest BCUT2D eigenvalue weighted by Gasteiger charge is -2.04. The number of nitrogens with zero attached hydrogens (tertiary/aromatic N) is 4. The number of hydrogen-bond donors (Lipinski definition) is 0. The van der Waals surface area contributed by atoms with Crippen molar-refractivity contribution in [3.05, 3.63) is 22.7 Å². The van der Waals surface area contributed by atoms with E-state index in [0.29, 0.717) is 22.7 Å². The molecule has 2 heterocycles. The molecule has 0 saturated heterocycles.